The van der Waals surface area contributed by atoms with E-state index in [0.29, 0.717) is 4.47 Å². The molecule has 14 heavy (non-hydrogen) atoms. The predicted octanol–water partition coefficient (Wildman–Crippen LogP) is 1.69. The number of nitro benzene ring substituents is 1. The molecule has 0 bridgehead atoms. The highest BCUT2D eigenvalue weighted by Crippen LogP contribution is 2.27. The molecule has 0 unspecified atom stereocenters. The second kappa shape index (κ2) is 4.17. The highest BCUT2D eigenvalue weighted by atomic mass is 79.9. The third-order valence-electron chi connectivity index (χ3n) is 1.75. The van der Waals surface area contributed by atoms with Crippen molar-refractivity contribution in [2.75, 3.05) is 0 Å². The monoisotopic (exact) mass is 255 g/mol. The van der Waals surface area contributed by atoms with Crippen LogP contribution in [0.3, 0.4) is 0 Å². The first-order chi connectivity index (χ1) is 6.61. The third-order valence-corrected chi connectivity index (χ3v) is 2.41. The molecule has 0 saturated carbocycles. The maximum absolute atomic E-state index is 10.6. The lowest BCUT2D eigenvalue weighted by Crippen LogP contribution is -2.05. The first kappa shape index (κ1) is 10.6. The first-order valence-corrected chi connectivity index (χ1v) is 4.47. The number of hydrogen-bond donors (Lipinski definition) is 1. The van der Waals surface area contributed by atoms with Gasteiger partial charge in [0.05, 0.1) is 16.1 Å². The van der Waals surface area contributed by atoms with Gasteiger partial charge < -0.3 is 5.73 Å². The fraction of sp³-hybridized carbons (Fsp3) is 0.125. The van der Waals surface area contributed by atoms with Gasteiger partial charge in [-0.3, -0.25) is 10.1 Å². The van der Waals surface area contributed by atoms with E-state index >= 15 is 0 Å². The molecule has 0 fully saturated rings. The molecular weight excluding hydrogens is 250 g/mol. The zero-order chi connectivity index (χ0) is 10.7. The minimum absolute atomic E-state index is 0.0291. The Hall–Kier alpha value is -1.45. The molecular formula is C8H6BrN3O2. The van der Waals surface area contributed by atoms with Crippen LogP contribution in [0.5, 0.6) is 0 Å². The van der Waals surface area contributed by atoms with Crippen LogP contribution >= 0.6 is 15.9 Å². The van der Waals surface area contributed by atoms with Crippen molar-refractivity contribution in [3.05, 3.63) is 37.8 Å². The number of nitrogens with two attached hydrogens (primary N) is 1. The normalized spacial score (nSPS) is 9.50. The summed E-state index contributed by atoms with van der Waals surface area (Å²) in [6.07, 6.45) is 0. The molecule has 5 nitrogen and oxygen atoms in total. The van der Waals surface area contributed by atoms with Crippen LogP contribution in [-0.4, -0.2) is 4.92 Å². The van der Waals surface area contributed by atoms with Gasteiger partial charge in [-0.05, 0) is 22.0 Å². The molecule has 72 valence electrons. The lowest BCUT2D eigenvalue weighted by atomic mass is 10.1. The molecule has 6 heteroatoms. The summed E-state index contributed by atoms with van der Waals surface area (Å²) in [4.78, 5) is 10.0. The van der Waals surface area contributed by atoms with E-state index in [1.165, 1.54) is 12.1 Å². The highest BCUT2D eigenvalue weighted by molar-refractivity contribution is 9.10. The molecule has 0 radical (unpaired) electrons. The molecule has 0 aliphatic heterocycles. The van der Waals surface area contributed by atoms with E-state index in [2.05, 4.69) is 15.9 Å². The van der Waals surface area contributed by atoms with Gasteiger partial charge in [0.15, 0.2) is 0 Å². The van der Waals surface area contributed by atoms with Gasteiger partial charge in [-0.15, -0.1) is 0 Å². The Morgan fingerprint density at radius 3 is 2.71 bits per heavy atom. The summed E-state index contributed by atoms with van der Waals surface area (Å²) in [5, 5.41) is 19.4. The molecule has 0 heterocycles. The molecule has 0 aliphatic rings. The Morgan fingerprint density at radius 1 is 1.64 bits per heavy atom. The minimum Gasteiger partial charge on any atom is -0.326 e. The number of nitrogens with zero attached hydrogens (tertiary/aromatic N) is 2. The van der Waals surface area contributed by atoms with Crippen molar-refractivity contribution in [1.82, 2.24) is 0 Å². The van der Waals surface area contributed by atoms with Gasteiger partial charge in [0.1, 0.15) is 6.07 Å². The van der Waals surface area contributed by atoms with Gasteiger partial charge in [0, 0.05) is 17.1 Å². The first-order valence-electron chi connectivity index (χ1n) is 3.67. The van der Waals surface area contributed by atoms with E-state index in [-0.39, 0.29) is 23.4 Å². The standard InChI is InChI=1S/C8H6BrN3O2/c9-7-1-2-8(12(13)14)6(4-11)5(7)3-10/h1-2H,4,11H2. The van der Waals surface area contributed by atoms with Crippen molar-refractivity contribution < 1.29 is 4.92 Å². The van der Waals surface area contributed by atoms with Crippen molar-refractivity contribution in [3.8, 4) is 6.07 Å². The Kier molecular flexibility index (Phi) is 3.17. The van der Waals surface area contributed by atoms with Crippen molar-refractivity contribution >= 4 is 21.6 Å². The van der Waals surface area contributed by atoms with Crippen LogP contribution in [-0.2, 0) is 6.54 Å². The molecule has 0 amide bonds. The summed E-state index contributed by atoms with van der Waals surface area (Å²) in [5.74, 6) is 0. The molecule has 1 aromatic carbocycles. The third kappa shape index (κ3) is 1.73. The average molecular weight is 256 g/mol. The largest absolute Gasteiger partial charge is 0.326 e. The molecule has 2 N–H and O–H groups in total. The number of nitriles is 1. The van der Waals surface area contributed by atoms with Crippen LogP contribution in [0.25, 0.3) is 0 Å². The fourth-order valence-electron chi connectivity index (χ4n) is 1.11. The Morgan fingerprint density at radius 2 is 2.29 bits per heavy atom. The van der Waals surface area contributed by atoms with E-state index < -0.39 is 4.92 Å². The van der Waals surface area contributed by atoms with E-state index in [1.807, 2.05) is 6.07 Å². The van der Waals surface area contributed by atoms with E-state index in [9.17, 15) is 10.1 Å². The van der Waals surface area contributed by atoms with Gasteiger partial charge in [-0.1, -0.05) is 0 Å². The molecule has 1 aromatic rings. The molecule has 1 rings (SSSR count). The van der Waals surface area contributed by atoms with E-state index in [1.54, 1.807) is 0 Å². The van der Waals surface area contributed by atoms with Gasteiger partial charge in [-0.2, -0.15) is 5.26 Å². The Labute approximate surface area is 88.4 Å². The predicted molar refractivity (Wildman–Crippen MR) is 53.4 cm³/mol. The minimum atomic E-state index is -0.546. The quantitative estimate of drug-likeness (QED) is 0.643. The highest BCUT2D eigenvalue weighted by Gasteiger charge is 2.18. The lowest BCUT2D eigenvalue weighted by molar-refractivity contribution is -0.385. The molecule has 0 saturated heterocycles. The lowest BCUT2D eigenvalue weighted by Gasteiger charge is -2.03. The summed E-state index contributed by atoms with van der Waals surface area (Å²) >= 11 is 3.13. The SMILES string of the molecule is N#Cc1c(Br)ccc([N+](=O)[O-])c1CN. The van der Waals surface area contributed by atoms with Crippen LogP contribution in [0.15, 0.2) is 16.6 Å². The Bertz CT molecular complexity index is 425. The average Bonchev–Trinajstić information content (AvgIpc) is 2.16. The smallest absolute Gasteiger partial charge is 0.275 e. The summed E-state index contributed by atoms with van der Waals surface area (Å²) < 4.78 is 0.519. The number of halogens is 1. The van der Waals surface area contributed by atoms with Crippen LogP contribution < -0.4 is 5.73 Å². The molecule has 0 atom stereocenters. The van der Waals surface area contributed by atoms with Crippen molar-refractivity contribution in [1.29, 1.82) is 5.26 Å². The summed E-state index contributed by atoms with van der Waals surface area (Å²) in [6, 6.07) is 4.67. The van der Waals surface area contributed by atoms with Crippen LogP contribution in [0, 0.1) is 21.4 Å². The zero-order valence-corrected chi connectivity index (χ0v) is 8.61. The topological polar surface area (TPSA) is 92.9 Å². The molecule has 0 aromatic heterocycles. The summed E-state index contributed by atoms with van der Waals surface area (Å²) in [7, 11) is 0. The molecule has 0 aliphatic carbocycles. The second-order valence-corrected chi connectivity index (χ2v) is 3.35. The van der Waals surface area contributed by atoms with Crippen LogP contribution in [0.4, 0.5) is 5.69 Å². The van der Waals surface area contributed by atoms with E-state index in [0.717, 1.165) is 0 Å². The van der Waals surface area contributed by atoms with Crippen molar-refractivity contribution in [3.63, 3.8) is 0 Å². The molecule has 0 spiro atoms. The number of rotatable bonds is 2. The summed E-state index contributed by atoms with van der Waals surface area (Å²) in [6.45, 7) is -0.0291. The maximum atomic E-state index is 10.6. The van der Waals surface area contributed by atoms with Crippen LogP contribution in [0.2, 0.25) is 0 Å². The van der Waals surface area contributed by atoms with Gasteiger partial charge in [0.2, 0.25) is 0 Å². The van der Waals surface area contributed by atoms with E-state index in [4.69, 9.17) is 11.0 Å². The van der Waals surface area contributed by atoms with Gasteiger partial charge in [-0.25, -0.2) is 0 Å². The van der Waals surface area contributed by atoms with Crippen molar-refractivity contribution in [2.45, 2.75) is 6.54 Å². The number of benzene rings is 1. The zero-order valence-electron chi connectivity index (χ0n) is 7.03. The fourth-order valence-corrected chi connectivity index (χ4v) is 1.57. The Balaban J connectivity index is 3.50. The number of nitro groups is 1. The van der Waals surface area contributed by atoms with Gasteiger partial charge >= 0.3 is 0 Å². The van der Waals surface area contributed by atoms with Crippen LogP contribution in [0.1, 0.15) is 11.1 Å². The van der Waals surface area contributed by atoms with Crippen molar-refractivity contribution in [2.24, 2.45) is 5.73 Å². The maximum Gasteiger partial charge on any atom is 0.275 e. The van der Waals surface area contributed by atoms with Gasteiger partial charge in [0.25, 0.3) is 5.69 Å². The summed E-state index contributed by atoms with van der Waals surface area (Å²) in [5.41, 5.74) is 5.72. The second-order valence-electron chi connectivity index (χ2n) is 2.49. The number of hydrogen-bond acceptors (Lipinski definition) is 4.